The molecule has 2 aliphatic heterocycles. The van der Waals surface area contributed by atoms with Crippen molar-refractivity contribution in [3.05, 3.63) is 66.4 Å². The number of urea groups is 1. The van der Waals surface area contributed by atoms with E-state index in [9.17, 15) is 4.79 Å². The Kier molecular flexibility index (Phi) is 6.63. The Labute approximate surface area is 201 Å². The van der Waals surface area contributed by atoms with Crippen LogP contribution in [0.2, 0.25) is 0 Å². The van der Waals surface area contributed by atoms with E-state index in [1.54, 1.807) is 0 Å². The van der Waals surface area contributed by atoms with Crippen molar-refractivity contribution in [1.82, 2.24) is 25.1 Å². The number of anilines is 1. The van der Waals surface area contributed by atoms with E-state index in [1.807, 2.05) is 35.4 Å². The molecule has 0 aliphatic carbocycles. The molecule has 1 aromatic heterocycles. The summed E-state index contributed by atoms with van der Waals surface area (Å²) >= 11 is 0. The Balaban J connectivity index is 1.15. The number of fused-ring (bicyclic) bond motifs is 1. The Hall–Kier alpha value is -3.19. The van der Waals surface area contributed by atoms with Gasteiger partial charge in [-0.25, -0.2) is 14.8 Å². The van der Waals surface area contributed by atoms with Crippen molar-refractivity contribution in [2.75, 3.05) is 31.1 Å². The predicted molar refractivity (Wildman–Crippen MR) is 136 cm³/mol. The second-order valence-corrected chi connectivity index (χ2v) is 9.72. The zero-order valence-corrected chi connectivity index (χ0v) is 20.1. The predicted octanol–water partition coefficient (Wildman–Crippen LogP) is 3.90. The number of hydrogen-bond acceptors (Lipinski definition) is 5. The number of hydrogen-bond donors (Lipinski definition) is 1. The Morgan fingerprint density at radius 3 is 2.38 bits per heavy atom. The molecular formula is C27H34N6O. The molecule has 1 N–H and O–H groups in total. The standard InChI is InChI=1S/C27H34N6O/c1-20-17-32(26-28-16-23-10-6-7-11-25(23)30-26)18-21(2)33(20)27(34)29-24-12-14-31(15-13-24)19-22-8-4-3-5-9-22/h3-11,16,20-21,24H,12-15,17-19H2,1-2H3,(H,29,34)/t20-,21+. The maximum atomic E-state index is 13.2. The van der Waals surface area contributed by atoms with Gasteiger partial charge < -0.3 is 15.1 Å². The van der Waals surface area contributed by atoms with Crippen LogP contribution in [0.3, 0.4) is 0 Å². The van der Waals surface area contributed by atoms with Crippen LogP contribution < -0.4 is 10.2 Å². The lowest BCUT2D eigenvalue weighted by atomic mass is 10.0. The Morgan fingerprint density at radius 1 is 0.971 bits per heavy atom. The van der Waals surface area contributed by atoms with Crippen LogP contribution in [0.1, 0.15) is 32.3 Å². The maximum absolute atomic E-state index is 13.2. The number of aromatic nitrogens is 2. The monoisotopic (exact) mass is 458 g/mol. The molecule has 0 bridgehead atoms. The highest BCUT2D eigenvalue weighted by molar-refractivity contribution is 5.78. The average molecular weight is 459 g/mol. The fraction of sp³-hybridized carbons (Fsp3) is 0.444. The van der Waals surface area contributed by atoms with Gasteiger partial charge in [-0.2, -0.15) is 0 Å². The molecule has 3 aromatic rings. The third kappa shape index (κ3) is 4.99. The lowest BCUT2D eigenvalue weighted by Gasteiger charge is -2.45. The quantitative estimate of drug-likeness (QED) is 0.642. The molecule has 7 heteroatoms. The van der Waals surface area contributed by atoms with Crippen LogP contribution in [0, 0.1) is 0 Å². The van der Waals surface area contributed by atoms with Gasteiger partial charge in [0.25, 0.3) is 0 Å². The average Bonchev–Trinajstić information content (AvgIpc) is 2.85. The molecule has 5 rings (SSSR count). The molecule has 2 aliphatic rings. The van der Waals surface area contributed by atoms with E-state index in [4.69, 9.17) is 4.98 Å². The molecule has 2 amide bonds. The van der Waals surface area contributed by atoms with Crippen molar-refractivity contribution in [2.45, 2.75) is 51.4 Å². The van der Waals surface area contributed by atoms with Gasteiger partial charge in [0.05, 0.1) is 5.52 Å². The summed E-state index contributed by atoms with van der Waals surface area (Å²) in [5.41, 5.74) is 2.30. The van der Waals surface area contributed by atoms with Crippen molar-refractivity contribution in [1.29, 1.82) is 0 Å². The van der Waals surface area contributed by atoms with E-state index in [0.717, 1.165) is 62.4 Å². The van der Waals surface area contributed by atoms with Crippen LogP contribution in [0.4, 0.5) is 10.7 Å². The van der Waals surface area contributed by atoms with Crippen LogP contribution >= 0.6 is 0 Å². The minimum atomic E-state index is 0.0561. The van der Waals surface area contributed by atoms with Gasteiger partial charge in [-0.3, -0.25) is 4.90 Å². The molecule has 0 radical (unpaired) electrons. The highest BCUT2D eigenvalue weighted by atomic mass is 16.2. The summed E-state index contributed by atoms with van der Waals surface area (Å²) in [6, 6.07) is 19.1. The van der Waals surface area contributed by atoms with E-state index in [0.29, 0.717) is 0 Å². The third-order valence-electron chi connectivity index (χ3n) is 7.08. The molecule has 2 fully saturated rings. The topological polar surface area (TPSA) is 64.6 Å². The molecule has 2 saturated heterocycles. The number of amides is 2. The second kappa shape index (κ2) is 9.97. The van der Waals surface area contributed by atoms with Crippen molar-refractivity contribution in [3.8, 4) is 0 Å². The van der Waals surface area contributed by atoms with Crippen LogP contribution in [0.25, 0.3) is 10.9 Å². The lowest BCUT2D eigenvalue weighted by molar-refractivity contribution is 0.130. The zero-order valence-electron chi connectivity index (χ0n) is 20.1. The van der Waals surface area contributed by atoms with Crippen LogP contribution in [-0.2, 0) is 6.54 Å². The Morgan fingerprint density at radius 2 is 1.65 bits per heavy atom. The first-order valence-electron chi connectivity index (χ1n) is 12.4. The van der Waals surface area contributed by atoms with E-state index in [2.05, 4.69) is 64.3 Å². The van der Waals surface area contributed by atoms with Crippen molar-refractivity contribution >= 4 is 22.9 Å². The Bertz CT molecular complexity index is 1100. The van der Waals surface area contributed by atoms with Gasteiger partial charge in [-0.1, -0.05) is 48.5 Å². The fourth-order valence-corrected chi connectivity index (χ4v) is 5.33. The first-order chi connectivity index (χ1) is 16.6. The normalized spacial score (nSPS) is 22.2. The molecule has 34 heavy (non-hydrogen) atoms. The van der Waals surface area contributed by atoms with Crippen molar-refractivity contribution in [3.63, 3.8) is 0 Å². The first-order valence-corrected chi connectivity index (χ1v) is 12.4. The molecule has 2 aromatic carbocycles. The minimum Gasteiger partial charge on any atom is -0.337 e. The van der Waals surface area contributed by atoms with Crippen LogP contribution in [0.15, 0.2) is 60.8 Å². The highest BCUT2D eigenvalue weighted by Crippen LogP contribution is 2.22. The molecular weight excluding hydrogens is 424 g/mol. The van der Waals surface area contributed by atoms with Gasteiger partial charge in [-0.05, 0) is 38.3 Å². The largest absolute Gasteiger partial charge is 0.337 e. The lowest BCUT2D eigenvalue weighted by Crippen LogP contribution is -2.62. The highest BCUT2D eigenvalue weighted by Gasteiger charge is 2.35. The second-order valence-electron chi connectivity index (χ2n) is 9.72. The van der Waals surface area contributed by atoms with Gasteiger partial charge in [0.15, 0.2) is 0 Å². The molecule has 2 atom stereocenters. The van der Waals surface area contributed by atoms with Gasteiger partial charge in [-0.15, -0.1) is 0 Å². The smallest absolute Gasteiger partial charge is 0.318 e. The number of benzene rings is 2. The summed E-state index contributed by atoms with van der Waals surface area (Å²) in [4.78, 5) is 29.3. The summed E-state index contributed by atoms with van der Waals surface area (Å²) in [5, 5.41) is 4.36. The molecule has 0 spiro atoms. The summed E-state index contributed by atoms with van der Waals surface area (Å²) < 4.78 is 0. The summed E-state index contributed by atoms with van der Waals surface area (Å²) in [6.07, 6.45) is 3.87. The number of para-hydroxylation sites is 1. The van der Waals surface area contributed by atoms with Crippen LogP contribution in [0.5, 0.6) is 0 Å². The molecule has 3 heterocycles. The maximum Gasteiger partial charge on any atom is 0.318 e. The number of nitrogens with one attached hydrogen (secondary N) is 1. The summed E-state index contributed by atoms with van der Waals surface area (Å²) in [7, 11) is 0. The number of piperidine rings is 1. The van der Waals surface area contributed by atoms with Crippen molar-refractivity contribution in [2.24, 2.45) is 0 Å². The number of likely N-dealkylation sites (tertiary alicyclic amines) is 1. The molecule has 0 saturated carbocycles. The van der Waals surface area contributed by atoms with E-state index >= 15 is 0 Å². The summed E-state index contributed by atoms with van der Waals surface area (Å²) in [5.74, 6) is 0.739. The van der Waals surface area contributed by atoms with Gasteiger partial charge >= 0.3 is 6.03 Å². The number of carbonyl (C=O) groups excluding carboxylic acids is 1. The van der Waals surface area contributed by atoms with Gasteiger partial charge in [0, 0.05) is 62.4 Å². The SMILES string of the molecule is C[C@@H]1CN(c2ncc3ccccc3n2)C[C@H](C)N1C(=O)NC1CCN(Cc2ccccc2)CC1. The third-order valence-corrected chi connectivity index (χ3v) is 7.08. The number of rotatable bonds is 4. The molecule has 0 unspecified atom stereocenters. The van der Waals surface area contributed by atoms with E-state index < -0.39 is 0 Å². The first kappa shape index (κ1) is 22.6. The zero-order chi connectivity index (χ0) is 23.5. The van der Waals surface area contributed by atoms with Crippen molar-refractivity contribution < 1.29 is 4.79 Å². The van der Waals surface area contributed by atoms with E-state index in [1.165, 1.54) is 5.56 Å². The molecule has 178 valence electrons. The minimum absolute atomic E-state index is 0.0561. The molecule has 7 nitrogen and oxygen atoms in total. The number of carbonyl (C=O) groups is 1. The van der Waals surface area contributed by atoms with Gasteiger partial charge in [0.2, 0.25) is 5.95 Å². The summed E-state index contributed by atoms with van der Waals surface area (Å²) in [6.45, 7) is 8.69. The fourth-order valence-electron chi connectivity index (χ4n) is 5.33. The van der Waals surface area contributed by atoms with Gasteiger partial charge in [0.1, 0.15) is 0 Å². The number of nitrogens with zero attached hydrogens (tertiary/aromatic N) is 5. The van der Waals surface area contributed by atoms with E-state index in [-0.39, 0.29) is 24.2 Å². The van der Waals surface area contributed by atoms with Crippen LogP contribution in [-0.4, -0.2) is 70.1 Å². The number of piperazine rings is 1.